The zero-order valence-electron chi connectivity index (χ0n) is 14.4. The van der Waals surface area contributed by atoms with Gasteiger partial charge < -0.3 is 0 Å². The van der Waals surface area contributed by atoms with Crippen molar-refractivity contribution in [1.82, 2.24) is 14.5 Å². The lowest BCUT2D eigenvalue weighted by molar-refractivity contribution is -0.116. The second-order valence-electron chi connectivity index (χ2n) is 6.47. The van der Waals surface area contributed by atoms with Crippen LogP contribution in [0.4, 0.5) is 5.95 Å². The molecule has 1 unspecified atom stereocenters. The van der Waals surface area contributed by atoms with Gasteiger partial charge in [-0.3, -0.25) is 33.5 Å². The van der Waals surface area contributed by atoms with E-state index in [2.05, 4.69) is 4.98 Å². The summed E-state index contributed by atoms with van der Waals surface area (Å²) in [5.74, 6) is -0.740. The molecule has 4 rings (SSSR count). The zero-order valence-corrected chi connectivity index (χ0v) is 15.1. The first-order chi connectivity index (χ1) is 12.9. The van der Waals surface area contributed by atoms with Crippen molar-refractivity contribution in [2.24, 2.45) is 0 Å². The van der Waals surface area contributed by atoms with E-state index in [9.17, 15) is 19.2 Å². The Balaban J connectivity index is 1.59. The third kappa shape index (κ3) is 2.73. The smallest absolute Gasteiger partial charge is 0.275 e. The maximum Gasteiger partial charge on any atom is 0.275 e. The first-order valence-corrected chi connectivity index (χ1v) is 8.78. The average molecular weight is 387 g/mol. The summed E-state index contributed by atoms with van der Waals surface area (Å²) in [5, 5.41) is 0.168. The van der Waals surface area contributed by atoms with Crippen molar-refractivity contribution in [3.8, 4) is 0 Å². The van der Waals surface area contributed by atoms with Gasteiger partial charge in [-0.1, -0.05) is 23.7 Å². The minimum Gasteiger partial charge on any atom is -0.297 e. The predicted molar refractivity (Wildman–Crippen MR) is 97.0 cm³/mol. The molecule has 0 aliphatic carbocycles. The van der Waals surface area contributed by atoms with Crippen molar-refractivity contribution in [3.05, 3.63) is 57.0 Å². The van der Waals surface area contributed by atoms with E-state index in [4.69, 9.17) is 11.6 Å². The molecular formula is C18H15ClN4O4. The molecule has 2 aliphatic rings. The lowest BCUT2D eigenvalue weighted by atomic mass is 10.1. The van der Waals surface area contributed by atoms with E-state index < -0.39 is 5.56 Å². The highest BCUT2D eigenvalue weighted by Crippen LogP contribution is 2.33. The molecule has 1 atom stereocenters. The Bertz CT molecular complexity index is 1010. The SMILES string of the molecule is CC(=O)N1CC(CCN2C(=O)c3ccccc3C2=O)n2c(Cl)cc(=O)nc21. The minimum absolute atomic E-state index is 0.168. The third-order valence-corrected chi connectivity index (χ3v) is 5.13. The van der Waals surface area contributed by atoms with Gasteiger partial charge in [0.1, 0.15) is 5.15 Å². The van der Waals surface area contributed by atoms with Gasteiger partial charge in [0.25, 0.3) is 17.4 Å². The van der Waals surface area contributed by atoms with Crippen molar-refractivity contribution in [1.29, 1.82) is 0 Å². The van der Waals surface area contributed by atoms with Crippen molar-refractivity contribution >= 4 is 35.3 Å². The van der Waals surface area contributed by atoms with Crippen molar-refractivity contribution in [3.63, 3.8) is 0 Å². The molecule has 3 amide bonds. The quantitative estimate of drug-likeness (QED) is 0.588. The number of hydrogen-bond acceptors (Lipinski definition) is 5. The van der Waals surface area contributed by atoms with Gasteiger partial charge >= 0.3 is 0 Å². The summed E-state index contributed by atoms with van der Waals surface area (Å²) in [6.45, 7) is 1.82. The van der Waals surface area contributed by atoms with Crippen LogP contribution < -0.4 is 10.5 Å². The maximum atomic E-state index is 12.5. The Morgan fingerprint density at radius 3 is 2.41 bits per heavy atom. The number of carbonyl (C=O) groups excluding carboxylic acids is 3. The van der Waals surface area contributed by atoms with Crippen LogP contribution in [0.25, 0.3) is 0 Å². The number of fused-ring (bicyclic) bond motifs is 2. The molecule has 2 aromatic rings. The summed E-state index contributed by atoms with van der Waals surface area (Å²) in [6.07, 6.45) is 0.381. The molecule has 1 aromatic heterocycles. The van der Waals surface area contributed by atoms with Crippen molar-refractivity contribution in [2.45, 2.75) is 19.4 Å². The lowest BCUT2D eigenvalue weighted by Gasteiger charge is -2.19. The Kier molecular flexibility index (Phi) is 4.07. The molecule has 27 heavy (non-hydrogen) atoms. The fourth-order valence-corrected chi connectivity index (χ4v) is 3.87. The largest absolute Gasteiger partial charge is 0.297 e. The van der Waals surface area contributed by atoms with Crippen LogP contribution in [0.1, 0.15) is 40.1 Å². The summed E-state index contributed by atoms with van der Waals surface area (Å²) in [7, 11) is 0. The van der Waals surface area contributed by atoms with E-state index in [1.165, 1.54) is 22.8 Å². The van der Waals surface area contributed by atoms with Crippen LogP contribution in [0.2, 0.25) is 5.15 Å². The first-order valence-electron chi connectivity index (χ1n) is 8.41. The number of carbonyl (C=O) groups is 3. The topological polar surface area (TPSA) is 92.6 Å². The number of anilines is 1. The minimum atomic E-state index is -0.529. The van der Waals surface area contributed by atoms with E-state index in [1.807, 2.05) is 0 Å². The number of nitrogens with zero attached hydrogens (tertiary/aromatic N) is 4. The van der Waals surface area contributed by atoms with Crippen LogP contribution in [-0.4, -0.2) is 45.3 Å². The molecular weight excluding hydrogens is 372 g/mol. The zero-order chi connectivity index (χ0) is 19.3. The van der Waals surface area contributed by atoms with E-state index in [-0.39, 0.29) is 48.0 Å². The van der Waals surface area contributed by atoms with Crippen molar-refractivity contribution in [2.75, 3.05) is 18.0 Å². The first kappa shape index (κ1) is 17.4. The Labute approximate surface area is 159 Å². The third-order valence-electron chi connectivity index (χ3n) is 4.84. The van der Waals surface area contributed by atoms with Gasteiger partial charge in [-0.15, -0.1) is 0 Å². The standard InChI is InChI=1S/C18H15ClN4O4/c1-10(24)22-9-11(23-14(19)8-15(25)20-18(22)23)6-7-21-16(26)12-4-2-3-5-13(12)17(21)27/h2-5,8,11H,6-7,9H2,1H3. The van der Waals surface area contributed by atoms with Crippen LogP contribution in [0, 0.1) is 0 Å². The number of rotatable bonds is 3. The number of hydrogen-bond donors (Lipinski definition) is 0. The van der Waals surface area contributed by atoms with Crippen LogP contribution in [-0.2, 0) is 4.79 Å². The van der Waals surface area contributed by atoms with Crippen LogP contribution >= 0.6 is 11.6 Å². The Morgan fingerprint density at radius 2 is 1.81 bits per heavy atom. The van der Waals surface area contributed by atoms with E-state index in [0.29, 0.717) is 17.5 Å². The number of benzene rings is 1. The number of aromatic nitrogens is 2. The molecule has 0 saturated carbocycles. The van der Waals surface area contributed by atoms with E-state index >= 15 is 0 Å². The van der Waals surface area contributed by atoms with Gasteiger partial charge in [0, 0.05) is 26.1 Å². The van der Waals surface area contributed by atoms with E-state index in [1.54, 1.807) is 28.8 Å². The molecule has 2 aliphatic heterocycles. The molecule has 8 nitrogen and oxygen atoms in total. The number of imide groups is 1. The molecule has 0 fully saturated rings. The van der Waals surface area contributed by atoms with Crippen molar-refractivity contribution < 1.29 is 14.4 Å². The molecule has 0 N–H and O–H groups in total. The van der Waals surface area contributed by atoms with Gasteiger partial charge in [-0.25, -0.2) is 0 Å². The molecule has 138 valence electrons. The fourth-order valence-electron chi connectivity index (χ4n) is 3.56. The van der Waals surface area contributed by atoms with Crippen LogP contribution in [0.5, 0.6) is 0 Å². The summed E-state index contributed by atoms with van der Waals surface area (Å²) in [4.78, 5) is 55.0. The highest BCUT2D eigenvalue weighted by Gasteiger charge is 2.38. The number of halogens is 1. The van der Waals surface area contributed by atoms with Gasteiger partial charge in [0.2, 0.25) is 11.9 Å². The summed E-state index contributed by atoms with van der Waals surface area (Å²) in [6, 6.07) is 7.57. The lowest BCUT2D eigenvalue weighted by Crippen LogP contribution is -2.33. The second-order valence-corrected chi connectivity index (χ2v) is 6.85. The summed E-state index contributed by atoms with van der Waals surface area (Å²) >= 11 is 6.20. The van der Waals surface area contributed by atoms with Crippen LogP contribution in [0.3, 0.4) is 0 Å². The Morgan fingerprint density at radius 1 is 1.19 bits per heavy atom. The van der Waals surface area contributed by atoms with Gasteiger partial charge in [0.05, 0.1) is 17.2 Å². The van der Waals surface area contributed by atoms with Gasteiger partial charge in [0.15, 0.2) is 0 Å². The highest BCUT2D eigenvalue weighted by atomic mass is 35.5. The number of amides is 3. The fraction of sp³-hybridized carbons (Fsp3) is 0.278. The molecule has 1 aromatic carbocycles. The summed E-state index contributed by atoms with van der Waals surface area (Å²) < 4.78 is 1.60. The molecule has 0 radical (unpaired) electrons. The monoisotopic (exact) mass is 386 g/mol. The molecule has 0 spiro atoms. The molecule has 3 heterocycles. The molecule has 9 heteroatoms. The van der Waals surface area contributed by atoms with Gasteiger partial charge in [-0.2, -0.15) is 4.98 Å². The predicted octanol–water partition coefficient (Wildman–Crippen LogP) is 1.49. The Hall–Kier alpha value is -3.00. The summed E-state index contributed by atoms with van der Waals surface area (Å²) in [5.41, 5.74) is 0.254. The van der Waals surface area contributed by atoms with Gasteiger partial charge in [-0.05, 0) is 18.6 Å². The van der Waals surface area contributed by atoms with E-state index in [0.717, 1.165) is 0 Å². The highest BCUT2D eigenvalue weighted by molar-refractivity contribution is 6.29. The maximum absolute atomic E-state index is 12.5. The molecule has 0 saturated heterocycles. The van der Waals surface area contributed by atoms with Crippen LogP contribution in [0.15, 0.2) is 35.1 Å². The average Bonchev–Trinajstić information content (AvgIpc) is 3.10. The normalized spacial score (nSPS) is 18.1. The second kappa shape index (κ2) is 6.31. The molecule has 0 bridgehead atoms.